The van der Waals surface area contributed by atoms with Crippen LogP contribution in [0.1, 0.15) is 5.56 Å². The summed E-state index contributed by atoms with van der Waals surface area (Å²) in [4.78, 5) is 14.4. The number of hydrogen-bond acceptors (Lipinski definition) is 6. The Hall–Kier alpha value is -2.51. The van der Waals surface area contributed by atoms with Crippen molar-refractivity contribution >= 4 is 6.09 Å². The minimum absolute atomic E-state index is 0.215. The maximum atomic E-state index is 10.4. The van der Waals surface area contributed by atoms with Gasteiger partial charge in [0.2, 0.25) is 5.82 Å². The molecule has 2 aromatic rings. The van der Waals surface area contributed by atoms with E-state index in [0.29, 0.717) is 12.2 Å². The molecule has 8 heteroatoms. The number of nitrogens with zero attached hydrogens (tertiary/aromatic N) is 4. The lowest BCUT2D eigenvalue weighted by Gasteiger charge is -2.02. The second-order valence-corrected chi connectivity index (χ2v) is 3.23. The molecule has 1 amide bonds. The summed E-state index contributed by atoms with van der Waals surface area (Å²) in [5.41, 5.74) is 6.50. The van der Waals surface area contributed by atoms with E-state index in [1.165, 1.54) is 0 Å². The maximum Gasteiger partial charge on any atom is 0.404 e. The molecule has 0 radical (unpaired) electrons. The van der Waals surface area contributed by atoms with E-state index in [-0.39, 0.29) is 6.61 Å². The van der Waals surface area contributed by atoms with Crippen molar-refractivity contribution in [3.05, 3.63) is 24.0 Å². The van der Waals surface area contributed by atoms with Crippen LogP contribution in [-0.4, -0.2) is 38.3 Å². The summed E-state index contributed by atoms with van der Waals surface area (Å²) in [6.45, 7) is 0.215. The number of amides is 1. The summed E-state index contributed by atoms with van der Waals surface area (Å²) in [6, 6.07) is 1.85. The molecule has 17 heavy (non-hydrogen) atoms. The Morgan fingerprint density at radius 2 is 2.35 bits per heavy atom. The molecule has 0 saturated carbocycles. The first-order chi connectivity index (χ1) is 8.25. The fraction of sp³-hybridized carbons (Fsp3) is 0.222. The van der Waals surface area contributed by atoms with Gasteiger partial charge in [-0.15, -0.1) is 10.2 Å². The summed E-state index contributed by atoms with van der Waals surface area (Å²) >= 11 is 0. The van der Waals surface area contributed by atoms with Crippen molar-refractivity contribution < 1.29 is 9.53 Å². The quantitative estimate of drug-likeness (QED) is 0.762. The van der Waals surface area contributed by atoms with Crippen molar-refractivity contribution in [1.82, 2.24) is 25.6 Å². The van der Waals surface area contributed by atoms with E-state index < -0.39 is 6.09 Å². The molecule has 0 aliphatic carbocycles. The number of pyridine rings is 1. The predicted octanol–water partition coefficient (Wildman–Crippen LogP) is -0.101. The highest BCUT2D eigenvalue weighted by atomic mass is 16.5. The lowest BCUT2D eigenvalue weighted by atomic mass is 10.1. The molecule has 0 unspecified atom stereocenters. The van der Waals surface area contributed by atoms with Gasteiger partial charge in [-0.1, -0.05) is 0 Å². The van der Waals surface area contributed by atoms with E-state index >= 15 is 0 Å². The van der Waals surface area contributed by atoms with Crippen LogP contribution in [0.15, 0.2) is 18.5 Å². The van der Waals surface area contributed by atoms with Gasteiger partial charge in [0.15, 0.2) is 0 Å². The molecule has 0 saturated heterocycles. The average Bonchev–Trinajstić information content (AvgIpc) is 2.82. The van der Waals surface area contributed by atoms with Gasteiger partial charge in [0.05, 0.1) is 6.61 Å². The zero-order valence-corrected chi connectivity index (χ0v) is 8.83. The number of carbonyl (C=O) groups is 1. The molecule has 0 spiro atoms. The van der Waals surface area contributed by atoms with E-state index in [0.717, 1.165) is 11.1 Å². The third kappa shape index (κ3) is 2.97. The summed E-state index contributed by atoms with van der Waals surface area (Å²) in [7, 11) is 0. The maximum absolute atomic E-state index is 10.4. The van der Waals surface area contributed by atoms with Gasteiger partial charge in [-0.3, -0.25) is 4.98 Å². The third-order valence-electron chi connectivity index (χ3n) is 2.03. The number of H-pyrrole nitrogens is 1. The van der Waals surface area contributed by atoms with Crippen molar-refractivity contribution in [3.8, 4) is 11.4 Å². The van der Waals surface area contributed by atoms with Gasteiger partial charge in [0, 0.05) is 24.4 Å². The Balaban J connectivity index is 2.04. The standard InChI is InChI=1S/C9H10N6O2/c10-9(16)17-2-1-6-3-7(5-11-4-6)8-12-14-15-13-8/h3-5H,1-2H2,(H2,10,16)(H,12,13,14,15). The molecule has 0 aliphatic heterocycles. The largest absolute Gasteiger partial charge is 0.449 e. The van der Waals surface area contributed by atoms with Gasteiger partial charge in [-0.25, -0.2) is 4.79 Å². The molecule has 2 heterocycles. The number of ether oxygens (including phenoxy) is 1. The van der Waals surface area contributed by atoms with E-state index in [1.807, 2.05) is 6.07 Å². The summed E-state index contributed by atoms with van der Waals surface area (Å²) < 4.78 is 4.64. The molecular weight excluding hydrogens is 224 g/mol. The van der Waals surface area contributed by atoms with Crippen LogP contribution < -0.4 is 5.73 Å². The Morgan fingerprint density at radius 1 is 1.47 bits per heavy atom. The first-order valence-electron chi connectivity index (χ1n) is 4.85. The lowest BCUT2D eigenvalue weighted by molar-refractivity contribution is 0.158. The van der Waals surface area contributed by atoms with Gasteiger partial charge >= 0.3 is 6.09 Å². The molecule has 0 bridgehead atoms. The van der Waals surface area contributed by atoms with Crippen LogP contribution in [0.2, 0.25) is 0 Å². The topological polar surface area (TPSA) is 120 Å². The number of nitrogens with one attached hydrogen (secondary N) is 1. The smallest absolute Gasteiger partial charge is 0.404 e. The first kappa shape index (κ1) is 11.0. The molecular formula is C9H10N6O2. The van der Waals surface area contributed by atoms with Crippen LogP contribution in [0.4, 0.5) is 4.79 Å². The molecule has 3 N–H and O–H groups in total. The van der Waals surface area contributed by atoms with Crippen LogP contribution in [0.25, 0.3) is 11.4 Å². The number of rotatable bonds is 4. The minimum atomic E-state index is -0.785. The number of primary amides is 1. The molecule has 0 fully saturated rings. The second kappa shape index (κ2) is 5.01. The second-order valence-electron chi connectivity index (χ2n) is 3.23. The fourth-order valence-electron chi connectivity index (χ4n) is 1.30. The molecule has 2 rings (SSSR count). The van der Waals surface area contributed by atoms with Gasteiger partial charge in [-0.2, -0.15) is 5.21 Å². The molecule has 0 aliphatic rings. The molecule has 2 aromatic heterocycles. The zero-order chi connectivity index (χ0) is 12.1. The minimum Gasteiger partial charge on any atom is -0.449 e. The van der Waals surface area contributed by atoms with Gasteiger partial charge < -0.3 is 10.5 Å². The number of aromatic amines is 1. The summed E-state index contributed by atoms with van der Waals surface area (Å²) in [6.07, 6.45) is 3.05. The fourth-order valence-corrected chi connectivity index (χ4v) is 1.30. The highest BCUT2D eigenvalue weighted by Gasteiger charge is 2.04. The van der Waals surface area contributed by atoms with E-state index in [2.05, 4.69) is 30.3 Å². The predicted molar refractivity (Wildman–Crippen MR) is 56.6 cm³/mol. The Labute approximate surface area is 96.2 Å². The Morgan fingerprint density at radius 3 is 3.06 bits per heavy atom. The van der Waals surface area contributed by atoms with E-state index in [1.54, 1.807) is 12.4 Å². The third-order valence-corrected chi connectivity index (χ3v) is 2.03. The highest BCUT2D eigenvalue weighted by Crippen LogP contribution is 2.13. The number of nitrogens with two attached hydrogens (primary N) is 1. The van der Waals surface area contributed by atoms with Crippen molar-refractivity contribution in [2.24, 2.45) is 5.73 Å². The Kier molecular flexibility index (Phi) is 3.24. The van der Waals surface area contributed by atoms with Crippen molar-refractivity contribution in [1.29, 1.82) is 0 Å². The number of tetrazole rings is 1. The zero-order valence-electron chi connectivity index (χ0n) is 8.83. The molecule has 88 valence electrons. The van der Waals surface area contributed by atoms with E-state index in [4.69, 9.17) is 5.73 Å². The number of hydrogen-bond donors (Lipinski definition) is 2. The molecule has 8 nitrogen and oxygen atoms in total. The van der Waals surface area contributed by atoms with Gasteiger partial charge in [0.1, 0.15) is 0 Å². The average molecular weight is 234 g/mol. The lowest BCUT2D eigenvalue weighted by Crippen LogP contribution is -2.14. The normalized spacial score (nSPS) is 10.1. The molecule has 0 atom stereocenters. The van der Waals surface area contributed by atoms with Crippen molar-refractivity contribution in [3.63, 3.8) is 0 Å². The van der Waals surface area contributed by atoms with Crippen molar-refractivity contribution in [2.75, 3.05) is 6.61 Å². The SMILES string of the molecule is NC(=O)OCCc1cncc(-c2nn[nH]n2)c1. The van der Waals surface area contributed by atoms with Gasteiger partial charge in [0.25, 0.3) is 0 Å². The summed E-state index contributed by atoms with van der Waals surface area (Å²) in [5.74, 6) is 0.468. The van der Waals surface area contributed by atoms with E-state index in [9.17, 15) is 4.79 Å². The first-order valence-corrected chi connectivity index (χ1v) is 4.85. The summed E-state index contributed by atoms with van der Waals surface area (Å²) in [5, 5.41) is 13.5. The van der Waals surface area contributed by atoms with Crippen LogP contribution >= 0.6 is 0 Å². The van der Waals surface area contributed by atoms with Gasteiger partial charge in [-0.05, 0) is 16.8 Å². The molecule has 0 aromatic carbocycles. The van der Waals surface area contributed by atoms with Crippen LogP contribution in [0.3, 0.4) is 0 Å². The van der Waals surface area contributed by atoms with Crippen molar-refractivity contribution in [2.45, 2.75) is 6.42 Å². The van der Waals surface area contributed by atoms with Crippen LogP contribution in [0, 0.1) is 0 Å². The van der Waals surface area contributed by atoms with Crippen LogP contribution in [-0.2, 0) is 11.2 Å². The van der Waals surface area contributed by atoms with Crippen LogP contribution in [0.5, 0.6) is 0 Å². The highest BCUT2D eigenvalue weighted by molar-refractivity contribution is 5.64. The number of aromatic nitrogens is 5. The Bertz CT molecular complexity index is 498. The monoisotopic (exact) mass is 234 g/mol. The number of carbonyl (C=O) groups excluding carboxylic acids is 1.